The van der Waals surface area contributed by atoms with Gasteiger partial charge in [0, 0.05) is 6.42 Å². The van der Waals surface area contributed by atoms with Crippen LogP contribution in [0.1, 0.15) is 54.2 Å². The van der Waals surface area contributed by atoms with Gasteiger partial charge in [0.05, 0.1) is 6.04 Å². The van der Waals surface area contributed by atoms with Gasteiger partial charge in [-0.25, -0.2) is 4.98 Å². The van der Waals surface area contributed by atoms with Gasteiger partial charge >= 0.3 is 0 Å². The van der Waals surface area contributed by atoms with Crippen molar-refractivity contribution in [3.63, 3.8) is 0 Å². The van der Waals surface area contributed by atoms with Gasteiger partial charge in [0.15, 0.2) is 0 Å². The molecule has 21 heavy (non-hydrogen) atoms. The van der Waals surface area contributed by atoms with Crippen LogP contribution in [0.2, 0.25) is 0 Å². The zero-order valence-corrected chi connectivity index (χ0v) is 12.2. The van der Waals surface area contributed by atoms with Crippen molar-refractivity contribution < 1.29 is 4.79 Å². The maximum absolute atomic E-state index is 12.3. The van der Waals surface area contributed by atoms with Crippen molar-refractivity contribution >= 4 is 5.91 Å². The lowest BCUT2D eigenvalue weighted by atomic mass is 10.0. The number of H-pyrrole nitrogens is 1. The van der Waals surface area contributed by atoms with Gasteiger partial charge in [0.25, 0.3) is 5.91 Å². The second-order valence-corrected chi connectivity index (χ2v) is 5.55. The van der Waals surface area contributed by atoms with Crippen molar-refractivity contribution in [1.82, 2.24) is 20.5 Å². The van der Waals surface area contributed by atoms with E-state index in [0.29, 0.717) is 5.92 Å². The summed E-state index contributed by atoms with van der Waals surface area (Å²) in [4.78, 5) is 16.6. The molecule has 0 radical (unpaired) electrons. The van der Waals surface area contributed by atoms with Crippen LogP contribution in [0.15, 0.2) is 30.3 Å². The van der Waals surface area contributed by atoms with Crippen molar-refractivity contribution in [2.24, 2.45) is 5.92 Å². The normalized spacial score (nSPS) is 15.7. The van der Waals surface area contributed by atoms with Crippen LogP contribution in [-0.2, 0) is 6.42 Å². The number of amides is 1. The van der Waals surface area contributed by atoms with Gasteiger partial charge in [0.2, 0.25) is 5.82 Å². The highest BCUT2D eigenvalue weighted by molar-refractivity contribution is 5.90. The Morgan fingerprint density at radius 1 is 1.38 bits per heavy atom. The topological polar surface area (TPSA) is 70.7 Å². The first kappa shape index (κ1) is 13.8. The molecule has 1 fully saturated rings. The van der Waals surface area contributed by atoms with Gasteiger partial charge in [-0.1, -0.05) is 37.3 Å². The van der Waals surface area contributed by atoms with Gasteiger partial charge in [-0.3, -0.25) is 9.89 Å². The second-order valence-electron chi connectivity index (χ2n) is 5.55. The number of carbonyl (C=O) groups excluding carboxylic acids is 1. The van der Waals surface area contributed by atoms with Gasteiger partial charge in [-0.15, -0.1) is 5.10 Å². The molecular weight excluding hydrogens is 264 g/mol. The quantitative estimate of drug-likeness (QED) is 0.856. The van der Waals surface area contributed by atoms with E-state index in [4.69, 9.17) is 0 Å². The van der Waals surface area contributed by atoms with E-state index in [1.165, 1.54) is 0 Å². The first-order valence-corrected chi connectivity index (χ1v) is 7.55. The van der Waals surface area contributed by atoms with Crippen molar-refractivity contribution in [2.75, 3.05) is 0 Å². The minimum Gasteiger partial charge on any atom is -0.342 e. The summed E-state index contributed by atoms with van der Waals surface area (Å²) in [7, 11) is 0. The number of rotatable bonds is 6. The Morgan fingerprint density at radius 3 is 2.81 bits per heavy atom. The largest absolute Gasteiger partial charge is 0.342 e. The van der Waals surface area contributed by atoms with Crippen LogP contribution in [0.4, 0.5) is 0 Å². The average Bonchev–Trinajstić information content (AvgIpc) is 3.24. The zero-order valence-electron chi connectivity index (χ0n) is 12.2. The van der Waals surface area contributed by atoms with Crippen LogP contribution >= 0.6 is 0 Å². The summed E-state index contributed by atoms with van der Waals surface area (Å²) in [5, 5.41) is 9.92. The first-order valence-electron chi connectivity index (χ1n) is 7.55. The Balaban J connectivity index is 1.72. The molecule has 0 aliphatic heterocycles. The Hall–Kier alpha value is -2.17. The number of aromatic nitrogens is 3. The third-order valence-corrected chi connectivity index (χ3v) is 3.76. The molecule has 0 bridgehead atoms. The number of hydrogen-bond donors (Lipinski definition) is 2. The van der Waals surface area contributed by atoms with E-state index < -0.39 is 0 Å². The number of aryl methyl sites for hydroxylation is 1. The Kier molecular flexibility index (Phi) is 3.99. The molecule has 1 atom stereocenters. The van der Waals surface area contributed by atoms with Gasteiger partial charge < -0.3 is 5.32 Å². The van der Waals surface area contributed by atoms with E-state index in [9.17, 15) is 4.79 Å². The number of aromatic amines is 1. The highest BCUT2D eigenvalue weighted by Crippen LogP contribution is 2.40. The highest BCUT2D eigenvalue weighted by atomic mass is 16.2. The van der Waals surface area contributed by atoms with Crippen molar-refractivity contribution in [2.45, 2.75) is 38.6 Å². The van der Waals surface area contributed by atoms with E-state index in [2.05, 4.69) is 39.6 Å². The number of hydrogen-bond acceptors (Lipinski definition) is 3. The highest BCUT2D eigenvalue weighted by Gasteiger charge is 2.34. The van der Waals surface area contributed by atoms with E-state index in [1.807, 2.05) is 18.2 Å². The Bertz CT molecular complexity index is 604. The molecule has 2 aromatic rings. The molecule has 1 unspecified atom stereocenters. The van der Waals surface area contributed by atoms with Crippen LogP contribution in [0.5, 0.6) is 0 Å². The fourth-order valence-corrected chi connectivity index (χ4v) is 2.51. The van der Waals surface area contributed by atoms with Crippen LogP contribution in [0.3, 0.4) is 0 Å². The molecule has 1 aromatic heterocycles. The van der Waals surface area contributed by atoms with E-state index in [0.717, 1.165) is 37.1 Å². The molecule has 1 aromatic carbocycles. The molecule has 3 rings (SSSR count). The number of nitrogens with one attached hydrogen (secondary N) is 2. The third kappa shape index (κ3) is 3.29. The van der Waals surface area contributed by atoms with Crippen molar-refractivity contribution in [1.29, 1.82) is 0 Å². The van der Waals surface area contributed by atoms with Gasteiger partial charge in [0.1, 0.15) is 5.82 Å². The molecular formula is C16H20N4O. The molecule has 2 N–H and O–H groups in total. The Labute approximate surface area is 124 Å². The smallest absolute Gasteiger partial charge is 0.291 e. The van der Waals surface area contributed by atoms with E-state index >= 15 is 0 Å². The van der Waals surface area contributed by atoms with E-state index in [1.54, 1.807) is 0 Å². The van der Waals surface area contributed by atoms with Crippen LogP contribution in [-0.4, -0.2) is 21.1 Å². The summed E-state index contributed by atoms with van der Waals surface area (Å²) >= 11 is 0. The standard InChI is InChI=1S/C16H20N4O/c1-2-6-13-17-15(20-19-13)16(21)18-14(12-9-10-12)11-7-4-3-5-8-11/h3-5,7-8,12,14H,2,6,9-10H2,1H3,(H,18,21)(H,17,19,20). The summed E-state index contributed by atoms with van der Waals surface area (Å²) in [6.45, 7) is 2.07. The SMILES string of the molecule is CCCc1nc(C(=O)NC(c2ccccc2)C2CC2)n[nH]1. The molecule has 5 nitrogen and oxygen atoms in total. The summed E-state index contributed by atoms with van der Waals surface area (Å²) in [6, 6.07) is 10.2. The molecule has 5 heteroatoms. The molecule has 110 valence electrons. The third-order valence-electron chi connectivity index (χ3n) is 3.76. The molecule has 0 saturated heterocycles. The maximum atomic E-state index is 12.3. The molecule has 1 aliphatic rings. The summed E-state index contributed by atoms with van der Waals surface area (Å²) in [5.41, 5.74) is 1.15. The van der Waals surface area contributed by atoms with Gasteiger partial charge in [-0.05, 0) is 30.7 Å². The summed E-state index contributed by atoms with van der Waals surface area (Å²) in [6.07, 6.45) is 4.11. The fourth-order valence-electron chi connectivity index (χ4n) is 2.51. The lowest BCUT2D eigenvalue weighted by Gasteiger charge is -2.17. The van der Waals surface area contributed by atoms with Gasteiger partial charge in [-0.2, -0.15) is 0 Å². The minimum absolute atomic E-state index is 0.0619. The zero-order chi connectivity index (χ0) is 14.7. The predicted molar refractivity (Wildman–Crippen MR) is 79.8 cm³/mol. The number of carbonyl (C=O) groups is 1. The van der Waals surface area contributed by atoms with E-state index in [-0.39, 0.29) is 17.8 Å². The molecule has 1 aliphatic carbocycles. The predicted octanol–water partition coefficient (Wildman–Crippen LogP) is 2.64. The molecule has 1 heterocycles. The lowest BCUT2D eigenvalue weighted by molar-refractivity contribution is 0.0921. The number of benzene rings is 1. The molecule has 1 amide bonds. The lowest BCUT2D eigenvalue weighted by Crippen LogP contribution is -2.30. The van der Waals surface area contributed by atoms with Crippen molar-refractivity contribution in [3.05, 3.63) is 47.5 Å². The summed E-state index contributed by atoms with van der Waals surface area (Å²) in [5.74, 6) is 1.34. The molecule has 0 spiro atoms. The minimum atomic E-state index is -0.200. The van der Waals surface area contributed by atoms with Crippen molar-refractivity contribution in [3.8, 4) is 0 Å². The Morgan fingerprint density at radius 2 is 2.14 bits per heavy atom. The fraction of sp³-hybridized carbons (Fsp3) is 0.438. The molecule has 1 saturated carbocycles. The number of nitrogens with zero attached hydrogens (tertiary/aromatic N) is 2. The average molecular weight is 284 g/mol. The summed E-state index contributed by atoms with van der Waals surface area (Å²) < 4.78 is 0. The van der Waals surface area contributed by atoms with Crippen LogP contribution < -0.4 is 5.32 Å². The first-order chi connectivity index (χ1) is 10.3. The van der Waals surface area contributed by atoms with Crippen LogP contribution in [0.25, 0.3) is 0 Å². The monoisotopic (exact) mass is 284 g/mol. The van der Waals surface area contributed by atoms with Crippen LogP contribution in [0, 0.1) is 5.92 Å². The second kappa shape index (κ2) is 6.08. The maximum Gasteiger partial charge on any atom is 0.291 e.